The first-order valence-corrected chi connectivity index (χ1v) is 12.0. The number of nitrogens with zero attached hydrogens (tertiary/aromatic N) is 2. The summed E-state index contributed by atoms with van der Waals surface area (Å²) >= 11 is 9.40. The van der Waals surface area contributed by atoms with Crippen LogP contribution in [0.3, 0.4) is 0 Å². The summed E-state index contributed by atoms with van der Waals surface area (Å²) in [5.74, 6) is 0.298. The monoisotopic (exact) mass is 570 g/mol. The van der Waals surface area contributed by atoms with Gasteiger partial charge in [0.05, 0.1) is 16.0 Å². The van der Waals surface area contributed by atoms with Crippen LogP contribution in [0.2, 0.25) is 5.02 Å². The zero-order chi connectivity index (χ0) is 25.8. The first-order valence-electron chi connectivity index (χ1n) is 10.9. The van der Waals surface area contributed by atoms with Crippen molar-refractivity contribution in [3.05, 3.63) is 102 Å². The second-order valence-corrected chi connectivity index (χ2v) is 9.06. The number of hydrogen-bond donors (Lipinski definition) is 0. The first kappa shape index (κ1) is 25.4. The van der Waals surface area contributed by atoms with Crippen LogP contribution in [0.15, 0.2) is 69.8 Å². The van der Waals surface area contributed by atoms with Gasteiger partial charge in [0.2, 0.25) is 5.90 Å². The maximum Gasteiger partial charge on any atom is 0.363 e. The van der Waals surface area contributed by atoms with Crippen molar-refractivity contribution in [1.29, 1.82) is 0 Å². The molecular weight excluding hydrogens is 552 g/mol. The van der Waals surface area contributed by atoms with Crippen LogP contribution in [0.5, 0.6) is 11.5 Å². The van der Waals surface area contributed by atoms with Crippen LogP contribution in [0.25, 0.3) is 6.08 Å². The number of cyclic esters (lactones) is 1. The minimum atomic E-state index is -0.684. The molecule has 0 atom stereocenters. The van der Waals surface area contributed by atoms with Gasteiger partial charge in [-0.2, -0.15) is 0 Å². The molecule has 1 aliphatic heterocycles. The summed E-state index contributed by atoms with van der Waals surface area (Å²) < 4.78 is 17.7. The third kappa shape index (κ3) is 5.75. The summed E-state index contributed by atoms with van der Waals surface area (Å²) in [5, 5.41) is 11.2. The number of carbonyl (C=O) groups excluding carboxylic acids is 1. The van der Waals surface area contributed by atoms with Crippen molar-refractivity contribution in [1.82, 2.24) is 0 Å². The van der Waals surface area contributed by atoms with E-state index in [-0.39, 0.29) is 27.9 Å². The van der Waals surface area contributed by atoms with Crippen molar-refractivity contribution in [2.45, 2.75) is 20.5 Å². The largest absolute Gasteiger partial charge is 0.490 e. The SMILES string of the molecule is CCOc1cc(/C=C2\N=C(c3ccc(Cl)c([N+](=O)[O-])c3)OC2=O)cc(Br)c1OCc1cccc(C)c1. The van der Waals surface area contributed by atoms with E-state index in [1.165, 1.54) is 24.3 Å². The molecule has 0 saturated heterocycles. The van der Waals surface area contributed by atoms with Crippen molar-refractivity contribution >= 4 is 51.2 Å². The molecule has 8 nitrogen and oxygen atoms in total. The highest BCUT2D eigenvalue weighted by atomic mass is 79.9. The van der Waals surface area contributed by atoms with E-state index in [1.54, 1.807) is 12.1 Å². The van der Waals surface area contributed by atoms with Crippen molar-refractivity contribution in [3.8, 4) is 11.5 Å². The first-order chi connectivity index (χ1) is 17.2. The van der Waals surface area contributed by atoms with E-state index in [0.29, 0.717) is 34.7 Å². The molecule has 0 fully saturated rings. The smallest absolute Gasteiger partial charge is 0.363 e. The third-order valence-electron chi connectivity index (χ3n) is 5.11. The van der Waals surface area contributed by atoms with Crippen LogP contribution in [-0.4, -0.2) is 23.4 Å². The van der Waals surface area contributed by atoms with Gasteiger partial charge in [0.15, 0.2) is 17.2 Å². The Morgan fingerprint density at radius 2 is 1.97 bits per heavy atom. The number of aliphatic imine (C=N–C) groups is 1. The standard InChI is InChI=1S/C26H20BrClN2O6/c1-3-34-23-12-17(10-19(27)24(23)35-14-16-6-4-5-15(2)9-16)11-21-26(31)36-25(29-21)18-7-8-20(28)22(13-18)30(32)33/h4-13H,3,14H2,1-2H3/b21-11-. The maximum absolute atomic E-state index is 12.5. The number of carbonyl (C=O) groups is 1. The molecular formula is C26H20BrClN2O6. The van der Waals surface area contributed by atoms with Crippen molar-refractivity contribution in [3.63, 3.8) is 0 Å². The van der Waals surface area contributed by atoms with Crippen molar-refractivity contribution < 1.29 is 23.9 Å². The van der Waals surface area contributed by atoms with Gasteiger partial charge in [-0.05, 0) is 71.2 Å². The molecule has 0 bridgehead atoms. The summed E-state index contributed by atoms with van der Waals surface area (Å²) in [5.41, 5.74) is 2.76. The molecule has 1 aliphatic rings. The molecule has 3 aromatic carbocycles. The normalized spacial score (nSPS) is 13.9. The molecule has 0 saturated carbocycles. The Labute approximate surface area is 220 Å². The van der Waals surface area contributed by atoms with Crippen molar-refractivity contribution in [2.75, 3.05) is 6.61 Å². The molecule has 0 amide bonds. The lowest BCUT2D eigenvalue weighted by molar-refractivity contribution is -0.384. The van der Waals surface area contributed by atoms with Crippen molar-refractivity contribution in [2.24, 2.45) is 4.99 Å². The third-order valence-corrected chi connectivity index (χ3v) is 6.02. The molecule has 0 aliphatic carbocycles. The number of nitro benzene ring substituents is 1. The highest BCUT2D eigenvalue weighted by Crippen LogP contribution is 2.38. The van der Waals surface area contributed by atoms with Gasteiger partial charge in [0.1, 0.15) is 11.6 Å². The summed E-state index contributed by atoms with van der Waals surface area (Å²) in [7, 11) is 0. The van der Waals surface area contributed by atoms with E-state index in [9.17, 15) is 14.9 Å². The predicted molar refractivity (Wildman–Crippen MR) is 140 cm³/mol. The number of halogens is 2. The Hall–Kier alpha value is -3.69. The second kappa shape index (κ2) is 10.9. The molecule has 0 spiro atoms. The van der Waals surface area contributed by atoms with E-state index >= 15 is 0 Å². The van der Waals surface area contributed by atoms with Crippen LogP contribution in [0, 0.1) is 17.0 Å². The zero-order valence-corrected chi connectivity index (χ0v) is 21.6. The van der Waals surface area contributed by atoms with Crippen LogP contribution in [0.1, 0.15) is 29.2 Å². The minimum absolute atomic E-state index is 0.0255. The molecule has 0 unspecified atom stereocenters. The Morgan fingerprint density at radius 1 is 1.17 bits per heavy atom. The number of aryl methyl sites for hydroxylation is 1. The fraction of sp³-hybridized carbons (Fsp3) is 0.154. The maximum atomic E-state index is 12.5. The van der Waals surface area contributed by atoms with E-state index in [1.807, 2.05) is 38.1 Å². The van der Waals surface area contributed by atoms with Crippen LogP contribution in [-0.2, 0) is 16.1 Å². The molecule has 1 heterocycles. The van der Waals surface area contributed by atoms with E-state index in [0.717, 1.165) is 11.1 Å². The minimum Gasteiger partial charge on any atom is -0.490 e. The Morgan fingerprint density at radius 3 is 2.69 bits per heavy atom. The summed E-state index contributed by atoms with van der Waals surface area (Å²) in [6.07, 6.45) is 1.54. The van der Waals surface area contributed by atoms with Gasteiger partial charge in [-0.1, -0.05) is 41.4 Å². The second-order valence-electron chi connectivity index (χ2n) is 7.80. The Balaban J connectivity index is 1.63. The van der Waals surface area contributed by atoms with E-state index in [2.05, 4.69) is 20.9 Å². The molecule has 3 aromatic rings. The van der Waals surface area contributed by atoms with Gasteiger partial charge >= 0.3 is 5.97 Å². The van der Waals surface area contributed by atoms with Gasteiger partial charge in [-0.3, -0.25) is 10.1 Å². The lowest BCUT2D eigenvalue weighted by Gasteiger charge is -2.15. The average Bonchev–Trinajstić information content (AvgIpc) is 3.19. The quantitative estimate of drug-likeness (QED) is 0.130. The highest BCUT2D eigenvalue weighted by molar-refractivity contribution is 9.10. The summed E-state index contributed by atoms with van der Waals surface area (Å²) in [6, 6.07) is 15.6. The number of rotatable bonds is 8. The van der Waals surface area contributed by atoms with Crippen LogP contribution >= 0.6 is 27.5 Å². The van der Waals surface area contributed by atoms with Crippen LogP contribution in [0.4, 0.5) is 5.69 Å². The van der Waals surface area contributed by atoms with Gasteiger partial charge in [-0.15, -0.1) is 0 Å². The fourth-order valence-electron chi connectivity index (χ4n) is 3.51. The number of hydrogen-bond acceptors (Lipinski definition) is 7. The number of esters is 1. The van der Waals surface area contributed by atoms with Gasteiger partial charge in [0.25, 0.3) is 5.69 Å². The fourth-order valence-corrected chi connectivity index (χ4v) is 4.27. The summed E-state index contributed by atoms with van der Waals surface area (Å²) in [4.78, 5) is 27.3. The molecule has 10 heteroatoms. The topological polar surface area (TPSA) is 100 Å². The Kier molecular flexibility index (Phi) is 7.71. The number of ether oxygens (including phenoxy) is 3. The Bertz CT molecular complexity index is 1420. The number of benzene rings is 3. The predicted octanol–water partition coefficient (Wildman–Crippen LogP) is 6.64. The van der Waals surface area contributed by atoms with Crippen LogP contribution < -0.4 is 9.47 Å². The lowest BCUT2D eigenvalue weighted by atomic mass is 10.1. The molecule has 0 N–H and O–H groups in total. The highest BCUT2D eigenvalue weighted by Gasteiger charge is 2.26. The molecule has 36 heavy (non-hydrogen) atoms. The number of nitro groups is 1. The molecule has 4 rings (SSSR count). The van der Waals surface area contributed by atoms with Gasteiger partial charge in [0, 0.05) is 11.6 Å². The van der Waals surface area contributed by atoms with E-state index < -0.39 is 10.9 Å². The van der Waals surface area contributed by atoms with Gasteiger partial charge < -0.3 is 14.2 Å². The molecule has 0 aromatic heterocycles. The molecule has 0 radical (unpaired) electrons. The lowest BCUT2D eigenvalue weighted by Crippen LogP contribution is -2.06. The summed E-state index contributed by atoms with van der Waals surface area (Å²) in [6.45, 7) is 4.64. The molecule has 184 valence electrons. The zero-order valence-electron chi connectivity index (χ0n) is 19.3. The van der Waals surface area contributed by atoms with Gasteiger partial charge in [-0.25, -0.2) is 9.79 Å². The average molecular weight is 572 g/mol. The van der Waals surface area contributed by atoms with E-state index in [4.69, 9.17) is 25.8 Å².